The first kappa shape index (κ1) is 9.87. The van der Waals surface area contributed by atoms with Gasteiger partial charge >= 0.3 is 0 Å². The highest BCUT2D eigenvalue weighted by Gasteiger charge is 2.04. The van der Waals surface area contributed by atoms with Crippen LogP contribution >= 0.6 is 0 Å². The Morgan fingerprint density at radius 2 is 2.27 bits per heavy atom. The topological polar surface area (TPSA) is 38.9 Å². The van der Waals surface area contributed by atoms with E-state index in [-0.39, 0.29) is 6.04 Å². The first-order valence-electron chi connectivity index (χ1n) is 5.02. The van der Waals surface area contributed by atoms with E-state index in [1.807, 2.05) is 30.3 Å². The van der Waals surface area contributed by atoms with Crippen LogP contribution in [0.3, 0.4) is 0 Å². The summed E-state index contributed by atoms with van der Waals surface area (Å²) in [6.07, 6.45) is 4.44. The number of aromatic nitrogens is 1. The molecule has 2 nitrogen and oxygen atoms in total. The summed E-state index contributed by atoms with van der Waals surface area (Å²) in [6.45, 7) is 3.70. The summed E-state index contributed by atoms with van der Waals surface area (Å²) in [6, 6.07) is 10.2. The standard InChI is InChI=1S/C13H14N2/c1-2-4-12(14)10-6-7-13-11(9-10)5-3-8-15-13/h2-3,5-9,12H,1,4,14H2/t12-/m0/s1. The van der Waals surface area contributed by atoms with Gasteiger partial charge in [-0.15, -0.1) is 6.58 Å². The van der Waals surface area contributed by atoms with Gasteiger partial charge in [0.05, 0.1) is 5.52 Å². The minimum absolute atomic E-state index is 0.0344. The molecule has 2 N–H and O–H groups in total. The molecule has 1 aromatic carbocycles. The Bertz CT molecular complexity index is 477. The van der Waals surface area contributed by atoms with Crippen molar-refractivity contribution in [3.63, 3.8) is 0 Å². The Labute approximate surface area is 89.4 Å². The van der Waals surface area contributed by atoms with Crippen LogP contribution in [0.5, 0.6) is 0 Å². The fraction of sp³-hybridized carbons (Fsp3) is 0.154. The summed E-state index contributed by atoms with van der Waals surface area (Å²) in [5.41, 5.74) is 8.15. The van der Waals surface area contributed by atoms with Crippen molar-refractivity contribution in [1.82, 2.24) is 4.98 Å². The molecule has 1 atom stereocenters. The lowest BCUT2D eigenvalue weighted by Crippen LogP contribution is -2.08. The van der Waals surface area contributed by atoms with Gasteiger partial charge in [-0.25, -0.2) is 0 Å². The van der Waals surface area contributed by atoms with Gasteiger partial charge < -0.3 is 5.73 Å². The molecular formula is C13H14N2. The van der Waals surface area contributed by atoms with E-state index in [9.17, 15) is 0 Å². The lowest BCUT2D eigenvalue weighted by atomic mass is 10.0. The molecule has 1 aromatic heterocycles. The van der Waals surface area contributed by atoms with E-state index in [1.54, 1.807) is 6.20 Å². The highest BCUT2D eigenvalue weighted by Crippen LogP contribution is 2.19. The third-order valence-corrected chi connectivity index (χ3v) is 2.48. The molecule has 15 heavy (non-hydrogen) atoms. The van der Waals surface area contributed by atoms with Crippen LogP contribution in [0.25, 0.3) is 10.9 Å². The molecule has 0 aliphatic rings. The maximum absolute atomic E-state index is 6.00. The third kappa shape index (κ3) is 2.05. The molecule has 0 amide bonds. The highest BCUT2D eigenvalue weighted by molar-refractivity contribution is 5.79. The number of nitrogens with zero attached hydrogens (tertiary/aromatic N) is 1. The predicted molar refractivity (Wildman–Crippen MR) is 63.5 cm³/mol. The van der Waals surface area contributed by atoms with Crippen LogP contribution in [-0.2, 0) is 0 Å². The van der Waals surface area contributed by atoms with E-state index in [0.29, 0.717) is 0 Å². The fourth-order valence-electron chi connectivity index (χ4n) is 1.64. The van der Waals surface area contributed by atoms with Gasteiger partial charge in [-0.2, -0.15) is 0 Å². The zero-order valence-electron chi connectivity index (χ0n) is 8.56. The first-order chi connectivity index (χ1) is 7.31. The molecule has 0 saturated heterocycles. The van der Waals surface area contributed by atoms with Crippen molar-refractivity contribution in [3.05, 3.63) is 54.7 Å². The normalized spacial score (nSPS) is 12.6. The van der Waals surface area contributed by atoms with Gasteiger partial charge in [-0.3, -0.25) is 4.98 Å². The molecule has 0 radical (unpaired) electrons. The fourth-order valence-corrected chi connectivity index (χ4v) is 1.64. The van der Waals surface area contributed by atoms with Crippen molar-refractivity contribution in [2.24, 2.45) is 5.73 Å². The molecule has 76 valence electrons. The molecule has 0 spiro atoms. The number of nitrogens with two attached hydrogens (primary N) is 1. The molecule has 2 aromatic rings. The lowest BCUT2D eigenvalue weighted by molar-refractivity contribution is 0.743. The van der Waals surface area contributed by atoms with Crippen molar-refractivity contribution in [3.8, 4) is 0 Å². The van der Waals surface area contributed by atoms with Gasteiger partial charge in [-0.05, 0) is 30.2 Å². The zero-order valence-corrected chi connectivity index (χ0v) is 8.56. The largest absolute Gasteiger partial charge is 0.324 e. The van der Waals surface area contributed by atoms with E-state index in [2.05, 4.69) is 17.6 Å². The summed E-state index contributed by atoms with van der Waals surface area (Å²) < 4.78 is 0. The van der Waals surface area contributed by atoms with Crippen LogP contribution in [0, 0.1) is 0 Å². The average molecular weight is 198 g/mol. The first-order valence-corrected chi connectivity index (χ1v) is 5.02. The summed E-state index contributed by atoms with van der Waals surface area (Å²) in [5, 5.41) is 1.13. The van der Waals surface area contributed by atoms with Gasteiger partial charge in [0.15, 0.2) is 0 Å². The molecule has 0 unspecified atom stereocenters. The van der Waals surface area contributed by atoms with Gasteiger partial charge in [0, 0.05) is 17.6 Å². The van der Waals surface area contributed by atoms with Crippen LogP contribution in [0.2, 0.25) is 0 Å². The number of benzene rings is 1. The lowest BCUT2D eigenvalue weighted by Gasteiger charge is -2.09. The van der Waals surface area contributed by atoms with Crippen molar-refractivity contribution < 1.29 is 0 Å². The Kier molecular flexibility index (Phi) is 2.79. The van der Waals surface area contributed by atoms with Crippen molar-refractivity contribution in [2.45, 2.75) is 12.5 Å². The van der Waals surface area contributed by atoms with E-state index in [4.69, 9.17) is 5.73 Å². The minimum atomic E-state index is 0.0344. The number of pyridine rings is 1. The summed E-state index contributed by atoms with van der Waals surface area (Å²) in [7, 11) is 0. The maximum atomic E-state index is 6.00. The number of hydrogen-bond donors (Lipinski definition) is 1. The molecule has 0 saturated carbocycles. The number of hydrogen-bond acceptors (Lipinski definition) is 2. The second kappa shape index (κ2) is 4.24. The zero-order chi connectivity index (χ0) is 10.7. The second-order valence-electron chi connectivity index (χ2n) is 3.59. The number of rotatable bonds is 3. The van der Waals surface area contributed by atoms with E-state index in [0.717, 1.165) is 22.9 Å². The Morgan fingerprint density at radius 1 is 1.40 bits per heavy atom. The Morgan fingerprint density at radius 3 is 3.07 bits per heavy atom. The van der Waals surface area contributed by atoms with E-state index < -0.39 is 0 Å². The predicted octanol–water partition coefficient (Wildman–Crippen LogP) is 2.81. The van der Waals surface area contributed by atoms with Gasteiger partial charge in [0.1, 0.15) is 0 Å². The molecule has 1 heterocycles. The third-order valence-electron chi connectivity index (χ3n) is 2.48. The molecule has 2 rings (SSSR count). The Balaban J connectivity index is 2.42. The summed E-state index contributed by atoms with van der Waals surface area (Å²) in [4.78, 5) is 4.27. The SMILES string of the molecule is C=CC[C@H](N)c1ccc2ncccc2c1. The number of fused-ring (bicyclic) bond motifs is 1. The molecule has 0 bridgehead atoms. The summed E-state index contributed by atoms with van der Waals surface area (Å²) in [5.74, 6) is 0. The maximum Gasteiger partial charge on any atom is 0.0702 e. The van der Waals surface area contributed by atoms with E-state index in [1.165, 1.54) is 0 Å². The van der Waals surface area contributed by atoms with Gasteiger partial charge in [0.25, 0.3) is 0 Å². The van der Waals surface area contributed by atoms with Crippen LogP contribution < -0.4 is 5.73 Å². The van der Waals surface area contributed by atoms with Gasteiger partial charge in [0.2, 0.25) is 0 Å². The van der Waals surface area contributed by atoms with Crippen molar-refractivity contribution in [1.29, 1.82) is 0 Å². The van der Waals surface area contributed by atoms with Crippen LogP contribution in [-0.4, -0.2) is 4.98 Å². The quantitative estimate of drug-likeness (QED) is 0.770. The van der Waals surface area contributed by atoms with Crippen LogP contribution in [0.1, 0.15) is 18.0 Å². The summed E-state index contributed by atoms with van der Waals surface area (Å²) >= 11 is 0. The average Bonchev–Trinajstić information content (AvgIpc) is 2.29. The molecule has 0 aliphatic carbocycles. The monoisotopic (exact) mass is 198 g/mol. The van der Waals surface area contributed by atoms with Gasteiger partial charge in [-0.1, -0.05) is 18.2 Å². The Hall–Kier alpha value is -1.67. The molecule has 0 aliphatic heterocycles. The van der Waals surface area contributed by atoms with Crippen LogP contribution in [0.4, 0.5) is 0 Å². The van der Waals surface area contributed by atoms with E-state index >= 15 is 0 Å². The second-order valence-corrected chi connectivity index (χ2v) is 3.59. The smallest absolute Gasteiger partial charge is 0.0702 e. The van der Waals surface area contributed by atoms with Crippen molar-refractivity contribution in [2.75, 3.05) is 0 Å². The molecular weight excluding hydrogens is 184 g/mol. The minimum Gasteiger partial charge on any atom is -0.324 e. The molecule has 2 heteroatoms. The molecule has 0 fully saturated rings. The van der Waals surface area contributed by atoms with Crippen molar-refractivity contribution >= 4 is 10.9 Å². The highest BCUT2D eigenvalue weighted by atomic mass is 14.6. The van der Waals surface area contributed by atoms with Crippen LogP contribution in [0.15, 0.2) is 49.2 Å².